The molecule has 0 aliphatic carbocycles. The predicted molar refractivity (Wildman–Crippen MR) is 62.8 cm³/mol. The van der Waals surface area contributed by atoms with Crippen LogP contribution < -0.4 is 10.6 Å². The molecule has 9 heteroatoms. The van der Waals surface area contributed by atoms with Crippen LogP contribution in [0.1, 0.15) is 12.7 Å². The molecule has 0 aliphatic rings. The van der Waals surface area contributed by atoms with Gasteiger partial charge in [0.05, 0.1) is 0 Å². The molecule has 2 rings (SSSR count). The van der Waals surface area contributed by atoms with Crippen molar-refractivity contribution in [3.63, 3.8) is 0 Å². The summed E-state index contributed by atoms with van der Waals surface area (Å²) < 4.78 is 38.6. The maximum Gasteiger partial charge on any atom is 0.453 e. The smallest absolute Gasteiger partial charge is 0.367 e. The first-order valence-electron chi connectivity index (χ1n) is 5.76. The molecule has 0 radical (unpaired) electrons. The standard InChI is InChI=1S/C10H13F3N6/c1-2-14-5-6-15-7-3-4-8-16-17-9(10(11,12)13)19(8)18-7/h3-4,14H,2,5-6H2,1H3,(H,15,18). The minimum absolute atomic E-state index is 0.0598. The lowest BCUT2D eigenvalue weighted by molar-refractivity contribution is -0.146. The van der Waals surface area contributed by atoms with Gasteiger partial charge < -0.3 is 10.6 Å². The van der Waals surface area contributed by atoms with Crippen LogP contribution in [0.4, 0.5) is 19.0 Å². The monoisotopic (exact) mass is 274 g/mol. The van der Waals surface area contributed by atoms with Gasteiger partial charge in [-0.2, -0.15) is 17.7 Å². The van der Waals surface area contributed by atoms with E-state index in [1.165, 1.54) is 6.07 Å². The van der Waals surface area contributed by atoms with Gasteiger partial charge in [0.15, 0.2) is 5.65 Å². The lowest BCUT2D eigenvalue weighted by Gasteiger charge is -2.07. The van der Waals surface area contributed by atoms with Crippen molar-refractivity contribution < 1.29 is 13.2 Å². The Bertz CT molecular complexity index is 550. The van der Waals surface area contributed by atoms with Gasteiger partial charge in [0.2, 0.25) is 0 Å². The number of aromatic nitrogens is 4. The number of nitrogens with one attached hydrogen (secondary N) is 2. The molecule has 0 aromatic carbocycles. The van der Waals surface area contributed by atoms with Crippen molar-refractivity contribution in [2.75, 3.05) is 25.0 Å². The molecule has 0 fully saturated rings. The Morgan fingerprint density at radius 2 is 2.00 bits per heavy atom. The zero-order valence-electron chi connectivity index (χ0n) is 10.2. The summed E-state index contributed by atoms with van der Waals surface area (Å²) in [6, 6.07) is 3.00. The van der Waals surface area contributed by atoms with Crippen molar-refractivity contribution in [1.82, 2.24) is 25.1 Å². The van der Waals surface area contributed by atoms with Crippen LogP contribution in [0.2, 0.25) is 0 Å². The fourth-order valence-electron chi connectivity index (χ4n) is 1.52. The molecule has 0 atom stereocenters. The molecule has 2 aromatic rings. The van der Waals surface area contributed by atoms with E-state index in [-0.39, 0.29) is 5.65 Å². The highest BCUT2D eigenvalue weighted by Crippen LogP contribution is 2.27. The summed E-state index contributed by atoms with van der Waals surface area (Å²) in [5.41, 5.74) is 0.0598. The summed E-state index contributed by atoms with van der Waals surface area (Å²) in [7, 11) is 0. The summed E-state index contributed by atoms with van der Waals surface area (Å²) >= 11 is 0. The Morgan fingerprint density at radius 1 is 1.21 bits per heavy atom. The van der Waals surface area contributed by atoms with E-state index in [9.17, 15) is 13.2 Å². The van der Waals surface area contributed by atoms with Gasteiger partial charge in [0, 0.05) is 13.1 Å². The number of halogens is 3. The van der Waals surface area contributed by atoms with Gasteiger partial charge in [-0.15, -0.1) is 15.3 Å². The van der Waals surface area contributed by atoms with Crippen molar-refractivity contribution in [2.24, 2.45) is 0 Å². The maximum atomic E-state index is 12.6. The summed E-state index contributed by atoms with van der Waals surface area (Å²) in [5, 5.41) is 16.4. The zero-order chi connectivity index (χ0) is 13.9. The molecule has 0 saturated carbocycles. The van der Waals surface area contributed by atoms with E-state index in [1.54, 1.807) is 6.07 Å². The third-order valence-electron chi connectivity index (χ3n) is 2.37. The molecule has 0 aliphatic heterocycles. The zero-order valence-corrected chi connectivity index (χ0v) is 10.2. The molecule has 19 heavy (non-hydrogen) atoms. The van der Waals surface area contributed by atoms with E-state index >= 15 is 0 Å². The number of rotatable bonds is 5. The first kappa shape index (κ1) is 13.5. The third kappa shape index (κ3) is 3.11. The number of anilines is 1. The molecule has 2 aromatic heterocycles. The summed E-state index contributed by atoms with van der Waals surface area (Å²) in [4.78, 5) is 0. The molecule has 104 valence electrons. The fourth-order valence-corrected chi connectivity index (χ4v) is 1.52. The minimum Gasteiger partial charge on any atom is -0.367 e. The van der Waals surface area contributed by atoms with Crippen LogP contribution in [0.25, 0.3) is 5.65 Å². The Kier molecular flexibility index (Phi) is 3.84. The number of alkyl halides is 3. The van der Waals surface area contributed by atoms with Gasteiger partial charge in [-0.1, -0.05) is 6.92 Å². The molecule has 0 bridgehead atoms. The third-order valence-corrected chi connectivity index (χ3v) is 2.37. The molecule has 0 amide bonds. The number of likely N-dealkylation sites (N-methyl/N-ethyl adjacent to an activating group) is 1. The lowest BCUT2D eigenvalue weighted by atomic mass is 10.5. The molecule has 2 N–H and O–H groups in total. The fraction of sp³-hybridized carbons (Fsp3) is 0.500. The van der Waals surface area contributed by atoms with E-state index in [1.807, 2.05) is 6.92 Å². The topological polar surface area (TPSA) is 67.1 Å². The van der Waals surface area contributed by atoms with Crippen molar-refractivity contribution in [2.45, 2.75) is 13.1 Å². The Balaban J connectivity index is 2.19. The molecular formula is C10H13F3N6. The second kappa shape index (κ2) is 5.39. The van der Waals surface area contributed by atoms with Crippen molar-refractivity contribution in [3.8, 4) is 0 Å². The van der Waals surface area contributed by atoms with E-state index < -0.39 is 12.0 Å². The largest absolute Gasteiger partial charge is 0.453 e. The highest BCUT2D eigenvalue weighted by atomic mass is 19.4. The first-order chi connectivity index (χ1) is 9.02. The summed E-state index contributed by atoms with van der Waals surface area (Å²) in [5.74, 6) is -0.784. The summed E-state index contributed by atoms with van der Waals surface area (Å²) in [6.07, 6.45) is -4.57. The normalized spacial score (nSPS) is 12.0. The van der Waals surface area contributed by atoms with Gasteiger partial charge in [0.1, 0.15) is 5.82 Å². The molecule has 6 nitrogen and oxygen atoms in total. The van der Waals surface area contributed by atoms with Gasteiger partial charge in [-0.05, 0) is 18.7 Å². The van der Waals surface area contributed by atoms with E-state index in [2.05, 4.69) is 25.9 Å². The molecule has 0 spiro atoms. The quantitative estimate of drug-likeness (QED) is 0.801. The van der Waals surface area contributed by atoms with Crippen molar-refractivity contribution in [1.29, 1.82) is 0 Å². The number of nitrogens with zero attached hydrogens (tertiary/aromatic N) is 4. The first-order valence-corrected chi connectivity index (χ1v) is 5.76. The molecule has 0 saturated heterocycles. The Morgan fingerprint density at radius 3 is 2.68 bits per heavy atom. The Hall–Kier alpha value is -1.90. The van der Waals surface area contributed by atoms with Crippen LogP contribution in [-0.2, 0) is 6.18 Å². The molecule has 2 heterocycles. The highest BCUT2D eigenvalue weighted by Gasteiger charge is 2.37. The van der Waals surface area contributed by atoms with Crippen LogP contribution in [0, 0.1) is 0 Å². The number of hydrogen-bond donors (Lipinski definition) is 2. The molecular weight excluding hydrogens is 261 g/mol. The van der Waals surface area contributed by atoms with E-state index in [4.69, 9.17) is 0 Å². The van der Waals surface area contributed by atoms with Crippen molar-refractivity contribution in [3.05, 3.63) is 18.0 Å². The van der Waals surface area contributed by atoms with Crippen LogP contribution in [0.3, 0.4) is 0 Å². The van der Waals surface area contributed by atoms with Gasteiger partial charge >= 0.3 is 6.18 Å². The Labute approximate surface area is 107 Å². The van der Waals surface area contributed by atoms with E-state index in [0.717, 1.165) is 6.54 Å². The summed E-state index contributed by atoms with van der Waals surface area (Å²) in [6.45, 7) is 4.06. The SMILES string of the molecule is CCNCCNc1ccc2nnc(C(F)(F)F)n2n1. The van der Waals surface area contributed by atoms with Gasteiger partial charge in [-0.25, -0.2) is 0 Å². The minimum atomic E-state index is -4.57. The lowest BCUT2D eigenvalue weighted by Crippen LogP contribution is -2.22. The second-order valence-electron chi connectivity index (χ2n) is 3.79. The maximum absolute atomic E-state index is 12.6. The van der Waals surface area contributed by atoms with Gasteiger partial charge in [-0.3, -0.25) is 0 Å². The number of fused-ring (bicyclic) bond motifs is 1. The van der Waals surface area contributed by atoms with Crippen molar-refractivity contribution >= 4 is 11.5 Å². The van der Waals surface area contributed by atoms with Gasteiger partial charge in [0.25, 0.3) is 5.82 Å². The van der Waals surface area contributed by atoms with Crippen LogP contribution in [0.5, 0.6) is 0 Å². The highest BCUT2D eigenvalue weighted by molar-refractivity contribution is 5.44. The number of hydrogen-bond acceptors (Lipinski definition) is 5. The molecule has 0 unspecified atom stereocenters. The average molecular weight is 274 g/mol. The average Bonchev–Trinajstić information content (AvgIpc) is 2.77. The van der Waals surface area contributed by atoms with Crippen LogP contribution >= 0.6 is 0 Å². The second-order valence-corrected chi connectivity index (χ2v) is 3.79. The van der Waals surface area contributed by atoms with Crippen LogP contribution in [0.15, 0.2) is 12.1 Å². The predicted octanol–water partition coefficient (Wildman–Crippen LogP) is 1.16. The van der Waals surface area contributed by atoms with Crippen LogP contribution in [-0.4, -0.2) is 39.4 Å². The van der Waals surface area contributed by atoms with E-state index in [0.29, 0.717) is 23.4 Å².